The second kappa shape index (κ2) is 7.38. The van der Waals surface area contributed by atoms with Crippen molar-refractivity contribution in [3.8, 4) is 0 Å². The second-order valence-corrected chi connectivity index (χ2v) is 4.24. The second-order valence-electron chi connectivity index (χ2n) is 3.24. The third-order valence-electron chi connectivity index (χ3n) is 2.16. The monoisotopic (exact) mass is 243 g/mol. The average molecular weight is 243 g/mol. The number of nitrogens with one attached hydrogen (secondary N) is 1. The van der Waals surface area contributed by atoms with Gasteiger partial charge in [-0.25, -0.2) is 4.79 Å². The minimum absolute atomic E-state index is 0.256. The van der Waals surface area contributed by atoms with Crippen LogP contribution in [0.15, 0.2) is 11.4 Å². The van der Waals surface area contributed by atoms with Crippen LogP contribution in [0.4, 0.5) is 0 Å². The van der Waals surface area contributed by atoms with Crippen molar-refractivity contribution in [2.75, 3.05) is 33.9 Å². The molecular formula is C11H17NO3S. The molecule has 0 aliphatic heterocycles. The van der Waals surface area contributed by atoms with Gasteiger partial charge in [-0.15, -0.1) is 11.3 Å². The van der Waals surface area contributed by atoms with E-state index in [0.717, 1.165) is 24.4 Å². The largest absolute Gasteiger partial charge is 0.465 e. The molecule has 0 unspecified atom stereocenters. The highest BCUT2D eigenvalue weighted by molar-refractivity contribution is 7.10. The third-order valence-corrected chi connectivity index (χ3v) is 3.14. The minimum Gasteiger partial charge on any atom is -0.465 e. The number of esters is 1. The molecule has 0 bridgehead atoms. The number of hydrogen-bond donors (Lipinski definition) is 1. The quantitative estimate of drug-likeness (QED) is 0.579. The van der Waals surface area contributed by atoms with Gasteiger partial charge >= 0.3 is 5.97 Å². The van der Waals surface area contributed by atoms with Crippen LogP contribution in [-0.2, 0) is 15.9 Å². The number of carbonyl (C=O) groups excluding carboxylic acids is 1. The van der Waals surface area contributed by atoms with E-state index in [9.17, 15) is 4.79 Å². The number of ether oxygens (including phenoxy) is 2. The van der Waals surface area contributed by atoms with Crippen molar-refractivity contribution in [3.05, 3.63) is 21.9 Å². The zero-order valence-corrected chi connectivity index (χ0v) is 10.4. The van der Waals surface area contributed by atoms with Crippen LogP contribution in [0.25, 0.3) is 0 Å². The Morgan fingerprint density at radius 2 is 2.25 bits per heavy atom. The fraction of sp³-hybridized carbons (Fsp3) is 0.545. The van der Waals surface area contributed by atoms with Gasteiger partial charge in [0.2, 0.25) is 0 Å². The lowest BCUT2D eigenvalue weighted by atomic mass is 10.2. The van der Waals surface area contributed by atoms with Crippen molar-refractivity contribution in [1.29, 1.82) is 0 Å². The highest BCUT2D eigenvalue weighted by Gasteiger charge is 2.12. The summed E-state index contributed by atoms with van der Waals surface area (Å²) in [6, 6.07) is 1.81. The fourth-order valence-electron chi connectivity index (χ4n) is 1.33. The van der Waals surface area contributed by atoms with E-state index in [1.54, 1.807) is 24.5 Å². The third kappa shape index (κ3) is 3.92. The van der Waals surface area contributed by atoms with Gasteiger partial charge in [0.05, 0.1) is 19.3 Å². The van der Waals surface area contributed by atoms with Crippen LogP contribution in [0.5, 0.6) is 0 Å². The normalized spacial score (nSPS) is 10.4. The maximum atomic E-state index is 11.4. The van der Waals surface area contributed by atoms with Crippen LogP contribution in [0.2, 0.25) is 0 Å². The van der Waals surface area contributed by atoms with Crippen molar-refractivity contribution < 1.29 is 14.3 Å². The standard InChI is InChI=1S/C11H17NO3S/c1-14-7-6-12-5-3-10-9(4-8-16-10)11(13)15-2/h4,8,12H,3,5-7H2,1-2H3. The van der Waals surface area contributed by atoms with Crippen LogP contribution in [0, 0.1) is 0 Å². The Balaban J connectivity index is 2.36. The molecule has 0 spiro atoms. The zero-order valence-electron chi connectivity index (χ0n) is 9.62. The zero-order chi connectivity index (χ0) is 11.8. The van der Waals surface area contributed by atoms with Gasteiger partial charge in [-0.1, -0.05) is 0 Å². The van der Waals surface area contributed by atoms with E-state index in [-0.39, 0.29) is 5.97 Å². The number of thiophene rings is 1. The summed E-state index contributed by atoms with van der Waals surface area (Å²) in [5.74, 6) is -0.256. The highest BCUT2D eigenvalue weighted by atomic mass is 32.1. The van der Waals surface area contributed by atoms with E-state index in [1.807, 2.05) is 5.38 Å². The topological polar surface area (TPSA) is 47.6 Å². The Hall–Kier alpha value is -0.910. The first-order valence-electron chi connectivity index (χ1n) is 5.14. The predicted octanol–water partition coefficient (Wildman–Crippen LogP) is 1.31. The Morgan fingerprint density at radius 1 is 1.44 bits per heavy atom. The van der Waals surface area contributed by atoms with E-state index in [4.69, 9.17) is 9.47 Å². The molecule has 0 saturated carbocycles. The van der Waals surface area contributed by atoms with Gasteiger partial charge in [-0.2, -0.15) is 0 Å². The highest BCUT2D eigenvalue weighted by Crippen LogP contribution is 2.17. The maximum absolute atomic E-state index is 11.4. The SMILES string of the molecule is COCCNCCc1sccc1C(=O)OC. The molecule has 0 fully saturated rings. The van der Waals surface area contributed by atoms with Gasteiger partial charge in [-0.3, -0.25) is 0 Å². The molecule has 0 aliphatic rings. The van der Waals surface area contributed by atoms with Crippen molar-refractivity contribution in [1.82, 2.24) is 5.32 Å². The molecule has 4 nitrogen and oxygen atoms in total. The summed E-state index contributed by atoms with van der Waals surface area (Å²) in [5.41, 5.74) is 0.682. The predicted molar refractivity (Wildman–Crippen MR) is 64.1 cm³/mol. The van der Waals surface area contributed by atoms with E-state index < -0.39 is 0 Å². The van der Waals surface area contributed by atoms with Crippen molar-refractivity contribution in [3.63, 3.8) is 0 Å². The smallest absolute Gasteiger partial charge is 0.338 e. The summed E-state index contributed by atoms with van der Waals surface area (Å²) < 4.78 is 9.63. The molecule has 0 amide bonds. The number of methoxy groups -OCH3 is 2. The lowest BCUT2D eigenvalue weighted by Gasteiger charge is -2.04. The van der Waals surface area contributed by atoms with Crippen LogP contribution in [-0.4, -0.2) is 39.9 Å². The number of carbonyl (C=O) groups is 1. The Morgan fingerprint density at radius 3 is 2.94 bits per heavy atom. The molecular weight excluding hydrogens is 226 g/mol. The first-order chi connectivity index (χ1) is 7.79. The van der Waals surface area contributed by atoms with E-state index >= 15 is 0 Å². The van der Waals surface area contributed by atoms with Gasteiger partial charge < -0.3 is 14.8 Å². The molecule has 90 valence electrons. The Bertz CT molecular complexity index is 325. The lowest BCUT2D eigenvalue weighted by molar-refractivity contribution is 0.0600. The molecule has 1 heterocycles. The summed E-state index contributed by atoms with van der Waals surface area (Å²) in [6.07, 6.45) is 0.839. The molecule has 0 aromatic carbocycles. The Labute approximate surface area is 99.6 Å². The fourth-order valence-corrected chi connectivity index (χ4v) is 2.19. The molecule has 0 atom stereocenters. The molecule has 16 heavy (non-hydrogen) atoms. The van der Waals surface area contributed by atoms with Crippen molar-refractivity contribution >= 4 is 17.3 Å². The molecule has 0 saturated heterocycles. The van der Waals surface area contributed by atoms with Crippen LogP contribution >= 0.6 is 11.3 Å². The minimum atomic E-state index is -0.256. The first-order valence-corrected chi connectivity index (χ1v) is 6.02. The summed E-state index contributed by atoms with van der Waals surface area (Å²) in [6.45, 7) is 2.37. The molecule has 1 aromatic rings. The summed E-state index contributed by atoms with van der Waals surface area (Å²) >= 11 is 1.58. The summed E-state index contributed by atoms with van der Waals surface area (Å²) in [7, 11) is 3.08. The van der Waals surface area contributed by atoms with Crippen molar-refractivity contribution in [2.45, 2.75) is 6.42 Å². The summed E-state index contributed by atoms with van der Waals surface area (Å²) in [4.78, 5) is 12.4. The molecule has 1 N–H and O–H groups in total. The molecule has 1 aromatic heterocycles. The molecule has 0 radical (unpaired) electrons. The summed E-state index contributed by atoms with van der Waals surface area (Å²) in [5, 5.41) is 5.15. The first kappa shape index (κ1) is 13.2. The van der Waals surface area contributed by atoms with Gasteiger partial charge in [-0.05, 0) is 17.9 Å². The maximum Gasteiger partial charge on any atom is 0.338 e. The molecule has 0 aliphatic carbocycles. The van der Waals surface area contributed by atoms with E-state index in [2.05, 4.69) is 5.32 Å². The van der Waals surface area contributed by atoms with E-state index in [1.165, 1.54) is 7.11 Å². The molecule has 5 heteroatoms. The van der Waals surface area contributed by atoms with Crippen LogP contribution < -0.4 is 5.32 Å². The lowest BCUT2D eigenvalue weighted by Crippen LogP contribution is -2.22. The molecule has 1 rings (SSSR count). The van der Waals surface area contributed by atoms with Crippen molar-refractivity contribution in [2.24, 2.45) is 0 Å². The van der Waals surface area contributed by atoms with Gasteiger partial charge in [0.1, 0.15) is 0 Å². The van der Waals surface area contributed by atoms with E-state index in [0.29, 0.717) is 12.2 Å². The Kier molecular flexibility index (Phi) is 6.07. The average Bonchev–Trinajstić information content (AvgIpc) is 2.76. The van der Waals surface area contributed by atoms with Crippen LogP contribution in [0.3, 0.4) is 0 Å². The van der Waals surface area contributed by atoms with Gasteiger partial charge in [0.15, 0.2) is 0 Å². The number of hydrogen-bond acceptors (Lipinski definition) is 5. The van der Waals surface area contributed by atoms with Gasteiger partial charge in [0.25, 0.3) is 0 Å². The van der Waals surface area contributed by atoms with Gasteiger partial charge in [0, 0.05) is 25.1 Å². The number of rotatable bonds is 7. The van der Waals surface area contributed by atoms with Crippen LogP contribution in [0.1, 0.15) is 15.2 Å².